The van der Waals surface area contributed by atoms with E-state index in [0.29, 0.717) is 10.2 Å². The Balaban J connectivity index is 2.71. The number of esters is 2. The average molecular weight is 376 g/mol. The lowest BCUT2D eigenvalue weighted by molar-refractivity contribution is -0.146. The van der Waals surface area contributed by atoms with Crippen molar-refractivity contribution in [3.05, 3.63) is 22.6 Å². The van der Waals surface area contributed by atoms with Crippen molar-refractivity contribution in [2.45, 2.75) is 32.7 Å². The number of hydrogen-bond donors (Lipinski definition) is 1. The quantitative estimate of drug-likeness (QED) is 0.552. The van der Waals surface area contributed by atoms with E-state index < -0.39 is 30.3 Å². The maximum atomic E-state index is 11.8. The number of carbonyl (C=O) groups is 3. The Hall–Kier alpha value is -1.83. The van der Waals surface area contributed by atoms with Gasteiger partial charge in [-0.3, -0.25) is 14.4 Å². The number of hydrogen-bond acceptors (Lipinski definition) is 6. The molecule has 1 unspecified atom stereocenters. The van der Waals surface area contributed by atoms with Gasteiger partial charge in [0.2, 0.25) is 5.91 Å². The third-order valence-corrected chi connectivity index (χ3v) is 2.97. The monoisotopic (exact) mass is 375 g/mol. The van der Waals surface area contributed by atoms with Crippen LogP contribution < -0.4 is 5.32 Å². The van der Waals surface area contributed by atoms with Gasteiger partial charge in [0.15, 0.2) is 0 Å². The second kappa shape index (κ2) is 9.24. The average Bonchev–Trinajstić information content (AvgIpc) is 2.85. The summed E-state index contributed by atoms with van der Waals surface area (Å²) in [5.41, 5.74) is 0. The van der Waals surface area contributed by atoms with Crippen molar-refractivity contribution in [1.29, 1.82) is 0 Å². The van der Waals surface area contributed by atoms with Gasteiger partial charge in [-0.1, -0.05) is 0 Å². The van der Waals surface area contributed by atoms with E-state index in [4.69, 9.17) is 13.9 Å². The first-order valence-corrected chi connectivity index (χ1v) is 7.60. The zero-order valence-corrected chi connectivity index (χ0v) is 14.0. The maximum absolute atomic E-state index is 11.8. The van der Waals surface area contributed by atoms with Crippen molar-refractivity contribution < 1.29 is 28.3 Å². The fourth-order valence-electron chi connectivity index (χ4n) is 1.71. The van der Waals surface area contributed by atoms with Crippen LogP contribution in [0.3, 0.4) is 0 Å². The lowest BCUT2D eigenvalue weighted by Crippen LogP contribution is -2.32. The Bertz CT molecular complexity index is 527. The van der Waals surface area contributed by atoms with Crippen LogP contribution in [0, 0.1) is 0 Å². The predicted octanol–water partition coefficient (Wildman–Crippen LogP) is 2.11. The molecule has 0 bridgehead atoms. The van der Waals surface area contributed by atoms with Gasteiger partial charge in [-0.2, -0.15) is 0 Å². The van der Waals surface area contributed by atoms with Crippen molar-refractivity contribution in [2.24, 2.45) is 0 Å². The molecule has 0 aliphatic rings. The van der Waals surface area contributed by atoms with E-state index in [1.54, 1.807) is 19.9 Å². The molecule has 1 N–H and O–H groups in total. The summed E-state index contributed by atoms with van der Waals surface area (Å²) < 4.78 is 15.5. The largest absolute Gasteiger partial charge is 0.466 e. The van der Waals surface area contributed by atoms with Crippen molar-refractivity contribution in [2.75, 3.05) is 13.2 Å². The lowest BCUT2D eigenvalue weighted by Gasteiger charge is -2.15. The zero-order chi connectivity index (χ0) is 16.5. The summed E-state index contributed by atoms with van der Waals surface area (Å²) >= 11 is 3.23. The third-order valence-electron chi connectivity index (χ3n) is 2.55. The van der Waals surface area contributed by atoms with Crippen LogP contribution >= 0.6 is 15.9 Å². The SMILES string of the molecule is CCOC(=O)CC(=O)NC(CC(=O)OCC)c1cc(Br)co1. The number of rotatable bonds is 8. The van der Waals surface area contributed by atoms with Crippen molar-refractivity contribution in [3.8, 4) is 0 Å². The first kappa shape index (κ1) is 18.2. The summed E-state index contributed by atoms with van der Waals surface area (Å²) in [6, 6.07) is 0.918. The molecule has 0 saturated carbocycles. The highest BCUT2D eigenvalue weighted by atomic mass is 79.9. The summed E-state index contributed by atoms with van der Waals surface area (Å²) in [5.74, 6) is -1.27. The normalized spacial score (nSPS) is 11.6. The smallest absolute Gasteiger partial charge is 0.315 e. The molecule has 7 nitrogen and oxygen atoms in total. The molecule has 1 amide bonds. The van der Waals surface area contributed by atoms with E-state index in [0.717, 1.165) is 0 Å². The van der Waals surface area contributed by atoms with Gasteiger partial charge in [0, 0.05) is 0 Å². The highest BCUT2D eigenvalue weighted by Gasteiger charge is 2.23. The van der Waals surface area contributed by atoms with Gasteiger partial charge in [0.25, 0.3) is 0 Å². The van der Waals surface area contributed by atoms with Gasteiger partial charge in [-0.05, 0) is 35.8 Å². The maximum Gasteiger partial charge on any atom is 0.315 e. The predicted molar refractivity (Wildman–Crippen MR) is 79.8 cm³/mol. The molecule has 1 heterocycles. The van der Waals surface area contributed by atoms with Crippen LogP contribution in [-0.4, -0.2) is 31.1 Å². The molecule has 122 valence electrons. The van der Waals surface area contributed by atoms with Crippen molar-refractivity contribution in [3.63, 3.8) is 0 Å². The van der Waals surface area contributed by atoms with Crippen LogP contribution in [0.1, 0.15) is 38.5 Å². The standard InChI is InChI=1S/C14H18BrNO6/c1-3-20-13(18)6-10(11-5-9(15)8-22-11)16-12(17)7-14(19)21-4-2/h5,8,10H,3-4,6-7H2,1-2H3,(H,16,17). The molecule has 8 heteroatoms. The number of ether oxygens (including phenoxy) is 2. The lowest BCUT2D eigenvalue weighted by atomic mass is 10.1. The van der Waals surface area contributed by atoms with Gasteiger partial charge in [0.05, 0.1) is 30.1 Å². The zero-order valence-electron chi connectivity index (χ0n) is 12.4. The Morgan fingerprint density at radius 2 is 1.86 bits per heavy atom. The molecule has 1 atom stereocenters. The number of halogens is 1. The number of amides is 1. The van der Waals surface area contributed by atoms with E-state index in [2.05, 4.69) is 21.2 Å². The molecule has 0 aliphatic carbocycles. The van der Waals surface area contributed by atoms with Crippen LogP contribution in [-0.2, 0) is 23.9 Å². The Kier molecular flexibility index (Phi) is 7.65. The van der Waals surface area contributed by atoms with E-state index in [9.17, 15) is 14.4 Å². The molecule has 1 aromatic heterocycles. The van der Waals surface area contributed by atoms with E-state index in [1.807, 2.05) is 0 Å². The second-order valence-corrected chi connectivity index (χ2v) is 5.19. The van der Waals surface area contributed by atoms with Crippen LogP contribution in [0.5, 0.6) is 0 Å². The number of furan rings is 1. The van der Waals surface area contributed by atoms with Crippen LogP contribution in [0.25, 0.3) is 0 Å². The van der Waals surface area contributed by atoms with Crippen LogP contribution in [0.4, 0.5) is 0 Å². The fourth-order valence-corrected chi connectivity index (χ4v) is 2.03. The van der Waals surface area contributed by atoms with E-state index in [1.165, 1.54) is 6.26 Å². The number of nitrogens with one attached hydrogen (secondary N) is 1. The summed E-state index contributed by atoms with van der Waals surface area (Å²) in [6.07, 6.45) is 0.919. The summed E-state index contributed by atoms with van der Waals surface area (Å²) in [6.45, 7) is 3.78. The molecule has 0 fully saturated rings. The Morgan fingerprint density at radius 1 is 1.23 bits per heavy atom. The van der Waals surface area contributed by atoms with Crippen molar-refractivity contribution >= 4 is 33.8 Å². The first-order valence-electron chi connectivity index (χ1n) is 6.80. The fraction of sp³-hybridized carbons (Fsp3) is 0.500. The molecule has 0 aromatic carbocycles. The highest BCUT2D eigenvalue weighted by molar-refractivity contribution is 9.10. The van der Waals surface area contributed by atoms with Gasteiger partial charge in [-0.15, -0.1) is 0 Å². The molecular formula is C14H18BrNO6. The van der Waals surface area contributed by atoms with Crippen molar-refractivity contribution in [1.82, 2.24) is 5.32 Å². The van der Waals surface area contributed by atoms with E-state index in [-0.39, 0.29) is 19.6 Å². The van der Waals surface area contributed by atoms with E-state index >= 15 is 0 Å². The second-order valence-electron chi connectivity index (χ2n) is 4.28. The summed E-state index contributed by atoms with van der Waals surface area (Å²) in [7, 11) is 0. The van der Waals surface area contributed by atoms with Gasteiger partial charge in [0.1, 0.15) is 18.4 Å². The van der Waals surface area contributed by atoms with Crippen LogP contribution in [0.15, 0.2) is 21.2 Å². The molecule has 0 aliphatic heterocycles. The highest BCUT2D eigenvalue weighted by Crippen LogP contribution is 2.23. The Labute approximate surface area is 136 Å². The van der Waals surface area contributed by atoms with Gasteiger partial charge < -0.3 is 19.2 Å². The summed E-state index contributed by atoms with van der Waals surface area (Å²) in [4.78, 5) is 34.8. The minimum atomic E-state index is -0.715. The third kappa shape index (κ3) is 6.30. The van der Waals surface area contributed by atoms with Gasteiger partial charge >= 0.3 is 11.9 Å². The summed E-state index contributed by atoms with van der Waals surface area (Å²) in [5, 5.41) is 2.57. The van der Waals surface area contributed by atoms with Crippen LogP contribution in [0.2, 0.25) is 0 Å². The molecule has 0 radical (unpaired) electrons. The minimum absolute atomic E-state index is 0.0949. The minimum Gasteiger partial charge on any atom is -0.466 e. The molecule has 0 spiro atoms. The topological polar surface area (TPSA) is 94.8 Å². The number of carbonyl (C=O) groups excluding carboxylic acids is 3. The molecule has 1 aromatic rings. The molecule has 22 heavy (non-hydrogen) atoms. The molecular weight excluding hydrogens is 358 g/mol. The molecule has 1 rings (SSSR count). The molecule has 0 saturated heterocycles. The Morgan fingerprint density at radius 3 is 2.41 bits per heavy atom. The first-order chi connectivity index (χ1) is 10.5. The van der Waals surface area contributed by atoms with Gasteiger partial charge in [-0.25, -0.2) is 0 Å².